The van der Waals surface area contributed by atoms with E-state index in [1.165, 1.54) is 12.8 Å². The summed E-state index contributed by atoms with van der Waals surface area (Å²) in [6.07, 6.45) is 4.93. The number of carbonyl (C=O) groups excluding carboxylic acids is 1. The summed E-state index contributed by atoms with van der Waals surface area (Å²) in [6.45, 7) is 0. The molecule has 0 heterocycles. The zero-order valence-corrected chi connectivity index (χ0v) is 12.6. The van der Waals surface area contributed by atoms with Gasteiger partial charge >= 0.3 is 0 Å². The van der Waals surface area contributed by atoms with Gasteiger partial charge in [-0.15, -0.1) is 0 Å². The lowest BCUT2D eigenvalue weighted by Gasteiger charge is -2.28. The summed E-state index contributed by atoms with van der Waals surface area (Å²) >= 11 is 9.44. The van der Waals surface area contributed by atoms with Crippen LogP contribution >= 0.6 is 27.5 Å². The van der Waals surface area contributed by atoms with Crippen molar-refractivity contribution in [2.45, 2.75) is 37.6 Å². The van der Waals surface area contributed by atoms with Crippen molar-refractivity contribution < 1.29 is 4.79 Å². The zero-order valence-electron chi connectivity index (χ0n) is 10.2. The molecular formula is C14H17BrClNO. The van der Waals surface area contributed by atoms with Gasteiger partial charge in [-0.05, 0) is 30.5 Å². The number of benzene rings is 1. The average molecular weight is 331 g/mol. The van der Waals surface area contributed by atoms with Gasteiger partial charge in [0.05, 0.1) is 6.42 Å². The van der Waals surface area contributed by atoms with Crippen LogP contribution in [0.3, 0.4) is 0 Å². The number of halogens is 2. The summed E-state index contributed by atoms with van der Waals surface area (Å²) in [5.74, 6) is 0.0821. The Labute approximate surface area is 121 Å². The smallest absolute Gasteiger partial charge is 0.224 e. The number of rotatable bonds is 4. The minimum Gasteiger partial charge on any atom is -0.350 e. The number of hydrogen-bond donors (Lipinski definition) is 1. The van der Waals surface area contributed by atoms with Crippen molar-refractivity contribution in [1.29, 1.82) is 0 Å². The Hall–Kier alpha value is -0.540. The highest BCUT2D eigenvalue weighted by Crippen LogP contribution is 2.31. The minimum absolute atomic E-state index is 0.0321. The van der Waals surface area contributed by atoms with Crippen molar-refractivity contribution in [3.05, 3.63) is 34.9 Å². The van der Waals surface area contributed by atoms with Crippen LogP contribution in [-0.2, 0) is 11.2 Å². The zero-order chi connectivity index (χ0) is 13.0. The predicted octanol–water partition coefficient (Wildman–Crippen LogP) is 3.71. The number of carbonyl (C=O) groups is 1. The summed E-state index contributed by atoms with van der Waals surface area (Å²) in [4.78, 5) is 12.1. The van der Waals surface area contributed by atoms with Gasteiger partial charge in [-0.25, -0.2) is 0 Å². The molecule has 1 N–H and O–H groups in total. The van der Waals surface area contributed by atoms with Gasteiger partial charge in [-0.3, -0.25) is 4.79 Å². The summed E-state index contributed by atoms with van der Waals surface area (Å²) in [5.41, 5.74) is 0.929. The van der Waals surface area contributed by atoms with Crippen LogP contribution in [0.15, 0.2) is 24.3 Å². The van der Waals surface area contributed by atoms with E-state index in [2.05, 4.69) is 21.2 Å². The standard InChI is InChI=1S/C14H17BrClNO/c15-10-14(6-1-2-7-14)17-13(18)9-11-4-3-5-12(16)8-11/h3-5,8H,1-2,6-7,9-10H2,(H,17,18). The van der Waals surface area contributed by atoms with Crippen LogP contribution in [0.1, 0.15) is 31.2 Å². The molecule has 0 atom stereocenters. The summed E-state index contributed by atoms with van der Waals surface area (Å²) in [6, 6.07) is 7.47. The molecule has 0 aliphatic heterocycles. The van der Waals surface area contributed by atoms with Crippen molar-refractivity contribution in [2.24, 2.45) is 0 Å². The second kappa shape index (κ2) is 6.07. The van der Waals surface area contributed by atoms with Crippen molar-refractivity contribution in [1.82, 2.24) is 5.32 Å². The van der Waals surface area contributed by atoms with E-state index in [9.17, 15) is 4.79 Å². The maximum Gasteiger partial charge on any atom is 0.224 e. The molecule has 98 valence electrons. The van der Waals surface area contributed by atoms with Gasteiger partial charge in [0.25, 0.3) is 0 Å². The van der Waals surface area contributed by atoms with Gasteiger partial charge in [0.1, 0.15) is 0 Å². The molecule has 2 rings (SSSR count). The maximum atomic E-state index is 12.1. The molecule has 0 unspecified atom stereocenters. The lowest BCUT2D eigenvalue weighted by atomic mass is 10.00. The Bertz CT molecular complexity index is 430. The van der Waals surface area contributed by atoms with E-state index in [0.29, 0.717) is 11.4 Å². The van der Waals surface area contributed by atoms with Crippen LogP contribution in [0.2, 0.25) is 5.02 Å². The third kappa shape index (κ3) is 3.48. The number of alkyl halides is 1. The molecule has 0 spiro atoms. The molecular weight excluding hydrogens is 314 g/mol. The molecule has 2 nitrogen and oxygen atoms in total. The quantitative estimate of drug-likeness (QED) is 0.838. The Morgan fingerprint density at radius 2 is 2.11 bits per heavy atom. The third-order valence-electron chi connectivity index (χ3n) is 3.47. The van der Waals surface area contributed by atoms with E-state index in [-0.39, 0.29) is 11.4 Å². The van der Waals surface area contributed by atoms with Crippen LogP contribution in [0.4, 0.5) is 0 Å². The van der Waals surface area contributed by atoms with Crippen molar-refractivity contribution >= 4 is 33.4 Å². The highest BCUT2D eigenvalue weighted by atomic mass is 79.9. The first kappa shape index (κ1) is 13.9. The van der Waals surface area contributed by atoms with Gasteiger partial charge in [-0.2, -0.15) is 0 Å². The first-order chi connectivity index (χ1) is 8.63. The monoisotopic (exact) mass is 329 g/mol. The van der Waals surface area contributed by atoms with Crippen LogP contribution in [0.5, 0.6) is 0 Å². The fourth-order valence-corrected chi connectivity index (χ4v) is 3.43. The van der Waals surface area contributed by atoms with Gasteiger partial charge < -0.3 is 5.32 Å². The van der Waals surface area contributed by atoms with E-state index < -0.39 is 0 Å². The molecule has 0 saturated heterocycles. The van der Waals surface area contributed by atoms with Crippen LogP contribution in [-0.4, -0.2) is 16.8 Å². The molecule has 1 fully saturated rings. The second-order valence-corrected chi connectivity index (χ2v) is 5.97. The molecule has 0 aromatic heterocycles. The molecule has 1 aliphatic carbocycles. The van der Waals surface area contributed by atoms with Crippen molar-refractivity contribution in [3.8, 4) is 0 Å². The van der Waals surface area contributed by atoms with Gasteiger partial charge in [0, 0.05) is 15.9 Å². The lowest BCUT2D eigenvalue weighted by molar-refractivity contribution is -0.122. The predicted molar refractivity (Wildman–Crippen MR) is 78.3 cm³/mol. The molecule has 1 aromatic rings. The fourth-order valence-electron chi connectivity index (χ4n) is 2.52. The van der Waals surface area contributed by atoms with E-state index in [1.807, 2.05) is 24.3 Å². The van der Waals surface area contributed by atoms with Crippen LogP contribution in [0.25, 0.3) is 0 Å². The Balaban J connectivity index is 1.96. The molecule has 4 heteroatoms. The maximum absolute atomic E-state index is 12.1. The summed E-state index contributed by atoms with van der Waals surface area (Å²) in [7, 11) is 0. The first-order valence-electron chi connectivity index (χ1n) is 6.25. The average Bonchev–Trinajstić information content (AvgIpc) is 2.78. The molecule has 1 aliphatic rings. The molecule has 0 radical (unpaired) electrons. The van der Waals surface area contributed by atoms with E-state index in [4.69, 9.17) is 11.6 Å². The summed E-state index contributed by atoms with van der Waals surface area (Å²) in [5, 5.41) is 4.69. The minimum atomic E-state index is -0.0321. The molecule has 1 saturated carbocycles. The van der Waals surface area contributed by atoms with E-state index in [1.54, 1.807) is 0 Å². The second-order valence-electron chi connectivity index (χ2n) is 4.98. The lowest BCUT2D eigenvalue weighted by Crippen LogP contribution is -2.48. The third-order valence-corrected chi connectivity index (χ3v) is 4.78. The summed E-state index contributed by atoms with van der Waals surface area (Å²) < 4.78 is 0. The number of amides is 1. The van der Waals surface area contributed by atoms with Gasteiger partial charge in [0.15, 0.2) is 0 Å². The molecule has 1 amide bonds. The van der Waals surface area contributed by atoms with Crippen LogP contribution in [0, 0.1) is 0 Å². The van der Waals surface area contributed by atoms with Gasteiger partial charge in [0.2, 0.25) is 5.91 Å². The van der Waals surface area contributed by atoms with Gasteiger partial charge in [-0.1, -0.05) is 52.5 Å². The normalized spacial score (nSPS) is 17.7. The Kier molecular flexibility index (Phi) is 4.68. The fraction of sp³-hybridized carbons (Fsp3) is 0.500. The number of nitrogens with one attached hydrogen (secondary N) is 1. The molecule has 1 aromatic carbocycles. The molecule has 18 heavy (non-hydrogen) atoms. The van der Waals surface area contributed by atoms with E-state index >= 15 is 0 Å². The largest absolute Gasteiger partial charge is 0.350 e. The highest BCUT2D eigenvalue weighted by Gasteiger charge is 2.33. The molecule has 0 bridgehead atoms. The first-order valence-corrected chi connectivity index (χ1v) is 7.75. The Morgan fingerprint density at radius 1 is 1.39 bits per heavy atom. The Morgan fingerprint density at radius 3 is 2.72 bits per heavy atom. The topological polar surface area (TPSA) is 29.1 Å². The van der Waals surface area contributed by atoms with E-state index in [0.717, 1.165) is 23.7 Å². The van der Waals surface area contributed by atoms with Crippen molar-refractivity contribution in [2.75, 3.05) is 5.33 Å². The number of hydrogen-bond acceptors (Lipinski definition) is 1. The highest BCUT2D eigenvalue weighted by molar-refractivity contribution is 9.09. The SMILES string of the molecule is O=C(Cc1cccc(Cl)c1)NC1(CBr)CCCC1. The van der Waals surface area contributed by atoms with Crippen molar-refractivity contribution in [3.63, 3.8) is 0 Å². The van der Waals surface area contributed by atoms with Crippen LogP contribution < -0.4 is 5.32 Å².